The van der Waals surface area contributed by atoms with Crippen molar-refractivity contribution in [2.75, 3.05) is 18.9 Å². The zero-order valence-corrected chi connectivity index (χ0v) is 12.5. The third kappa shape index (κ3) is 2.30. The molecule has 1 aliphatic carbocycles. The second-order valence-electron chi connectivity index (χ2n) is 5.21. The first-order valence-electron chi connectivity index (χ1n) is 6.68. The summed E-state index contributed by atoms with van der Waals surface area (Å²) in [6, 6.07) is 4.45. The van der Waals surface area contributed by atoms with Crippen LogP contribution in [-0.2, 0) is 14.8 Å². The lowest BCUT2D eigenvalue weighted by atomic mass is 10.2. The Hall–Kier alpha value is -0.820. The number of anilines is 1. The third-order valence-corrected chi connectivity index (χ3v) is 6.38. The molecule has 0 radical (unpaired) electrons. The van der Waals surface area contributed by atoms with Crippen molar-refractivity contribution in [1.82, 2.24) is 4.31 Å². The fraction of sp³-hybridized carbons (Fsp3) is 0.538. The first kappa shape index (κ1) is 14.1. The molecule has 0 aromatic heterocycles. The number of ether oxygens (including phenoxy) is 1. The largest absolute Gasteiger partial charge is 0.399 e. The minimum absolute atomic E-state index is 0.0195. The van der Waals surface area contributed by atoms with Crippen molar-refractivity contribution < 1.29 is 13.2 Å². The minimum atomic E-state index is -3.60. The van der Waals surface area contributed by atoms with E-state index < -0.39 is 10.0 Å². The Balaban J connectivity index is 1.98. The van der Waals surface area contributed by atoms with Gasteiger partial charge in [0, 0.05) is 12.2 Å². The lowest BCUT2D eigenvalue weighted by molar-refractivity contribution is -0.0241. The number of halogens is 1. The maximum atomic E-state index is 12.8. The van der Waals surface area contributed by atoms with Gasteiger partial charge >= 0.3 is 0 Å². The van der Waals surface area contributed by atoms with E-state index in [2.05, 4.69) is 0 Å². The van der Waals surface area contributed by atoms with Gasteiger partial charge in [-0.3, -0.25) is 0 Å². The second-order valence-corrected chi connectivity index (χ2v) is 7.48. The van der Waals surface area contributed by atoms with Crippen LogP contribution in [0.1, 0.15) is 19.3 Å². The predicted octanol–water partition coefficient (Wildman–Crippen LogP) is 1.86. The van der Waals surface area contributed by atoms with Crippen molar-refractivity contribution in [1.29, 1.82) is 0 Å². The number of sulfonamides is 1. The SMILES string of the molecule is Nc1ccc(S(=O)(=O)N2CCOC3CCCC32)c(Cl)c1. The molecule has 1 saturated carbocycles. The van der Waals surface area contributed by atoms with Crippen LogP contribution in [0.3, 0.4) is 0 Å². The summed E-state index contributed by atoms with van der Waals surface area (Å²) in [6.45, 7) is 0.817. The molecule has 5 nitrogen and oxygen atoms in total. The molecule has 0 bridgehead atoms. The van der Waals surface area contributed by atoms with E-state index in [0.717, 1.165) is 19.3 Å². The lowest BCUT2D eigenvalue weighted by Gasteiger charge is -2.36. The lowest BCUT2D eigenvalue weighted by Crippen LogP contribution is -2.51. The topological polar surface area (TPSA) is 72.6 Å². The van der Waals surface area contributed by atoms with Crippen LogP contribution >= 0.6 is 11.6 Å². The monoisotopic (exact) mass is 316 g/mol. The van der Waals surface area contributed by atoms with E-state index in [4.69, 9.17) is 22.1 Å². The molecule has 1 aliphatic heterocycles. The van der Waals surface area contributed by atoms with E-state index in [1.807, 2.05) is 0 Å². The Morgan fingerprint density at radius 2 is 2.15 bits per heavy atom. The van der Waals surface area contributed by atoms with Crippen LogP contribution in [0.25, 0.3) is 0 Å². The molecule has 1 aromatic carbocycles. The van der Waals surface area contributed by atoms with Gasteiger partial charge < -0.3 is 10.5 Å². The van der Waals surface area contributed by atoms with Gasteiger partial charge in [-0.2, -0.15) is 4.31 Å². The van der Waals surface area contributed by atoms with Crippen molar-refractivity contribution >= 4 is 27.3 Å². The number of nitrogens with zero attached hydrogens (tertiary/aromatic N) is 1. The Morgan fingerprint density at radius 3 is 2.90 bits per heavy atom. The predicted molar refractivity (Wildman–Crippen MR) is 77.1 cm³/mol. The molecule has 2 atom stereocenters. The zero-order valence-electron chi connectivity index (χ0n) is 11.0. The number of hydrogen-bond donors (Lipinski definition) is 1. The van der Waals surface area contributed by atoms with E-state index in [0.29, 0.717) is 18.8 Å². The highest BCUT2D eigenvalue weighted by Gasteiger charge is 2.42. The fourth-order valence-electron chi connectivity index (χ4n) is 3.04. The number of rotatable bonds is 2. The highest BCUT2D eigenvalue weighted by Crippen LogP contribution is 2.35. The van der Waals surface area contributed by atoms with Gasteiger partial charge in [0.25, 0.3) is 0 Å². The van der Waals surface area contributed by atoms with Crippen molar-refractivity contribution in [2.24, 2.45) is 0 Å². The van der Waals surface area contributed by atoms with Crippen molar-refractivity contribution in [3.05, 3.63) is 23.2 Å². The van der Waals surface area contributed by atoms with Crippen LogP contribution in [0.2, 0.25) is 5.02 Å². The maximum Gasteiger partial charge on any atom is 0.244 e. The van der Waals surface area contributed by atoms with Crippen LogP contribution in [0.5, 0.6) is 0 Å². The Kier molecular flexibility index (Phi) is 3.66. The third-order valence-electron chi connectivity index (χ3n) is 3.97. The van der Waals surface area contributed by atoms with Gasteiger partial charge in [0.1, 0.15) is 4.90 Å². The summed E-state index contributed by atoms with van der Waals surface area (Å²) in [4.78, 5) is 0.126. The van der Waals surface area contributed by atoms with Crippen molar-refractivity contribution in [3.63, 3.8) is 0 Å². The first-order valence-corrected chi connectivity index (χ1v) is 8.50. The summed E-state index contributed by atoms with van der Waals surface area (Å²) in [5.41, 5.74) is 6.08. The van der Waals surface area contributed by atoms with Gasteiger partial charge in [-0.05, 0) is 37.5 Å². The minimum Gasteiger partial charge on any atom is -0.399 e. The van der Waals surface area contributed by atoms with Gasteiger partial charge in [-0.1, -0.05) is 11.6 Å². The molecule has 20 heavy (non-hydrogen) atoms. The second kappa shape index (κ2) is 5.18. The van der Waals surface area contributed by atoms with E-state index in [9.17, 15) is 8.42 Å². The molecule has 1 saturated heterocycles. The molecule has 1 aromatic rings. The van der Waals surface area contributed by atoms with E-state index in [1.165, 1.54) is 12.1 Å². The standard InChI is InChI=1S/C13H17ClN2O3S/c14-10-8-9(15)4-5-13(10)20(17,18)16-6-7-19-12-3-1-2-11(12)16/h4-5,8,11-12H,1-3,6-7,15H2. The molecule has 110 valence electrons. The number of fused-ring (bicyclic) bond motifs is 1. The average molecular weight is 317 g/mol. The molecule has 2 aliphatic rings. The van der Waals surface area contributed by atoms with E-state index in [1.54, 1.807) is 10.4 Å². The maximum absolute atomic E-state index is 12.8. The molecule has 0 spiro atoms. The number of nitrogens with two attached hydrogens (primary N) is 1. The molecule has 7 heteroatoms. The molecule has 2 unspecified atom stereocenters. The molecular formula is C13H17ClN2O3S. The number of hydrogen-bond acceptors (Lipinski definition) is 4. The normalized spacial score (nSPS) is 27.4. The molecule has 1 heterocycles. The van der Waals surface area contributed by atoms with Crippen LogP contribution < -0.4 is 5.73 Å². The highest BCUT2D eigenvalue weighted by atomic mass is 35.5. The molecule has 0 amide bonds. The Morgan fingerprint density at radius 1 is 1.35 bits per heavy atom. The quantitative estimate of drug-likeness (QED) is 0.845. The Labute approximate surface area is 123 Å². The molecule has 2 fully saturated rings. The molecule has 3 rings (SSSR count). The van der Waals surface area contributed by atoms with Crippen LogP contribution in [0.4, 0.5) is 5.69 Å². The van der Waals surface area contributed by atoms with Crippen molar-refractivity contribution in [3.8, 4) is 0 Å². The highest BCUT2D eigenvalue weighted by molar-refractivity contribution is 7.89. The van der Waals surface area contributed by atoms with Gasteiger partial charge in [0.05, 0.1) is 23.8 Å². The smallest absolute Gasteiger partial charge is 0.244 e. The van der Waals surface area contributed by atoms with Gasteiger partial charge in [-0.15, -0.1) is 0 Å². The number of morpholine rings is 1. The van der Waals surface area contributed by atoms with Gasteiger partial charge in [0.2, 0.25) is 10.0 Å². The average Bonchev–Trinajstić information content (AvgIpc) is 2.85. The van der Waals surface area contributed by atoms with E-state index >= 15 is 0 Å². The summed E-state index contributed by atoms with van der Waals surface area (Å²) in [6.07, 6.45) is 2.78. The fourth-order valence-corrected chi connectivity index (χ4v) is 5.23. The Bertz CT molecular complexity index is 620. The van der Waals surface area contributed by atoms with Gasteiger partial charge in [0.15, 0.2) is 0 Å². The summed E-state index contributed by atoms with van der Waals surface area (Å²) in [5, 5.41) is 0.172. The van der Waals surface area contributed by atoms with Crippen molar-refractivity contribution in [2.45, 2.75) is 36.3 Å². The summed E-state index contributed by atoms with van der Waals surface area (Å²) < 4.78 is 32.8. The summed E-state index contributed by atoms with van der Waals surface area (Å²) in [5.74, 6) is 0. The molecular weight excluding hydrogens is 300 g/mol. The number of nitrogen functional groups attached to an aromatic ring is 1. The van der Waals surface area contributed by atoms with Crippen LogP contribution in [0.15, 0.2) is 23.1 Å². The molecule has 2 N–H and O–H groups in total. The number of benzene rings is 1. The summed E-state index contributed by atoms with van der Waals surface area (Å²) in [7, 11) is -3.60. The van der Waals surface area contributed by atoms with Crippen LogP contribution in [-0.4, -0.2) is 38.0 Å². The zero-order chi connectivity index (χ0) is 14.3. The summed E-state index contributed by atoms with van der Waals surface area (Å²) >= 11 is 6.06. The van der Waals surface area contributed by atoms with Crippen LogP contribution in [0, 0.1) is 0 Å². The van der Waals surface area contributed by atoms with Gasteiger partial charge in [-0.25, -0.2) is 8.42 Å². The van der Waals surface area contributed by atoms with E-state index in [-0.39, 0.29) is 22.1 Å². The first-order chi connectivity index (χ1) is 9.50.